The first-order valence-corrected chi connectivity index (χ1v) is 11.5. The summed E-state index contributed by atoms with van der Waals surface area (Å²) in [6.45, 7) is 1.99. The smallest absolute Gasteiger partial charge is 0.261 e. The fourth-order valence-electron chi connectivity index (χ4n) is 4.31. The lowest BCUT2D eigenvalue weighted by Gasteiger charge is -2.15. The van der Waals surface area contributed by atoms with Gasteiger partial charge in [0.1, 0.15) is 11.6 Å². The molecule has 2 aromatic carbocycles. The molecule has 168 valence electrons. The summed E-state index contributed by atoms with van der Waals surface area (Å²) in [6.07, 6.45) is 3.12. The van der Waals surface area contributed by atoms with Crippen LogP contribution in [-0.4, -0.2) is 37.3 Å². The van der Waals surface area contributed by atoms with Crippen LogP contribution in [0.25, 0.3) is 0 Å². The molecule has 0 N–H and O–H groups in total. The number of Topliss-reactive ketones (excluding diaryl/α,β-unsaturated/α-hetero) is 1. The van der Waals surface area contributed by atoms with Gasteiger partial charge >= 0.3 is 0 Å². The number of nitrogens with zero attached hydrogens (tertiary/aromatic N) is 4. The first-order chi connectivity index (χ1) is 15.9. The Morgan fingerprint density at radius 3 is 2.33 bits per heavy atom. The maximum Gasteiger partial charge on any atom is 0.261 e. The molecular formula is C25H23ClN4O3. The Morgan fingerprint density at radius 2 is 1.67 bits per heavy atom. The number of carbonyl (C=O) groups is 3. The number of fused-ring (bicyclic) bond motifs is 1. The SMILES string of the molecule is Cc1c(Cl)cccc1CC(=O)CCc1nnc(CN2C(=O)c3ccccc3C2=O)n1C1CC1. The third kappa shape index (κ3) is 4.09. The van der Waals surface area contributed by atoms with Crippen LogP contribution in [0.5, 0.6) is 0 Å². The van der Waals surface area contributed by atoms with Crippen molar-refractivity contribution in [2.45, 2.75) is 51.6 Å². The van der Waals surface area contributed by atoms with Crippen molar-refractivity contribution < 1.29 is 14.4 Å². The summed E-state index contributed by atoms with van der Waals surface area (Å²) in [5.74, 6) is 0.789. The lowest BCUT2D eigenvalue weighted by molar-refractivity contribution is -0.118. The molecule has 33 heavy (non-hydrogen) atoms. The molecule has 5 rings (SSSR count). The van der Waals surface area contributed by atoms with Gasteiger partial charge in [0.05, 0.1) is 17.7 Å². The Morgan fingerprint density at radius 1 is 1.00 bits per heavy atom. The number of imide groups is 1. The first-order valence-electron chi connectivity index (χ1n) is 11.1. The molecule has 1 aromatic heterocycles. The van der Waals surface area contributed by atoms with Gasteiger partial charge in [-0.1, -0.05) is 35.9 Å². The fraction of sp³-hybridized carbons (Fsp3) is 0.320. The van der Waals surface area contributed by atoms with E-state index in [9.17, 15) is 14.4 Å². The van der Waals surface area contributed by atoms with Crippen LogP contribution in [0.4, 0.5) is 0 Å². The summed E-state index contributed by atoms with van der Waals surface area (Å²) >= 11 is 6.17. The maximum absolute atomic E-state index is 12.7. The Balaban J connectivity index is 1.29. The molecular weight excluding hydrogens is 440 g/mol. The molecule has 0 spiro atoms. The van der Waals surface area contributed by atoms with Gasteiger partial charge in [-0.05, 0) is 49.1 Å². The summed E-state index contributed by atoms with van der Waals surface area (Å²) in [5.41, 5.74) is 2.70. The predicted octanol–water partition coefficient (Wildman–Crippen LogP) is 4.12. The van der Waals surface area contributed by atoms with Gasteiger partial charge in [0.2, 0.25) is 0 Å². The van der Waals surface area contributed by atoms with Gasteiger partial charge in [-0.2, -0.15) is 0 Å². The molecule has 1 saturated carbocycles. The largest absolute Gasteiger partial charge is 0.310 e. The van der Waals surface area contributed by atoms with E-state index in [0.29, 0.717) is 41.2 Å². The Hall–Kier alpha value is -3.32. The fourth-order valence-corrected chi connectivity index (χ4v) is 4.51. The van der Waals surface area contributed by atoms with Crippen LogP contribution < -0.4 is 0 Å². The second-order valence-corrected chi connectivity index (χ2v) is 9.02. The Kier molecular flexibility index (Phi) is 5.58. The number of hydrogen-bond donors (Lipinski definition) is 0. The van der Waals surface area contributed by atoms with Crippen molar-refractivity contribution in [3.05, 3.63) is 81.4 Å². The second-order valence-electron chi connectivity index (χ2n) is 8.62. The quantitative estimate of drug-likeness (QED) is 0.470. The van der Waals surface area contributed by atoms with E-state index >= 15 is 0 Å². The molecule has 8 heteroatoms. The average Bonchev–Trinajstić information content (AvgIpc) is 3.53. The van der Waals surface area contributed by atoms with Gasteiger partial charge in [-0.15, -0.1) is 10.2 Å². The second kappa shape index (κ2) is 8.56. The van der Waals surface area contributed by atoms with E-state index in [4.69, 9.17) is 11.6 Å². The first kappa shape index (κ1) is 21.5. The summed E-state index contributed by atoms with van der Waals surface area (Å²) in [6, 6.07) is 12.7. The standard InChI is InChI=1S/C25H23ClN4O3/c1-15-16(5-4-8-21(15)26)13-18(31)11-12-22-27-28-23(30(22)17-9-10-17)14-29-24(32)19-6-2-3-7-20(19)25(29)33/h2-8,17H,9-14H2,1H3. The van der Waals surface area contributed by atoms with Crippen molar-refractivity contribution in [2.24, 2.45) is 0 Å². The van der Waals surface area contributed by atoms with Crippen molar-refractivity contribution in [1.82, 2.24) is 19.7 Å². The van der Waals surface area contributed by atoms with E-state index in [0.717, 1.165) is 29.8 Å². The lowest BCUT2D eigenvalue weighted by atomic mass is 10.0. The third-order valence-corrected chi connectivity index (χ3v) is 6.73. The number of aryl methyl sites for hydroxylation is 1. The predicted molar refractivity (Wildman–Crippen MR) is 122 cm³/mol. The maximum atomic E-state index is 12.7. The van der Waals surface area contributed by atoms with Crippen LogP contribution in [-0.2, 0) is 24.2 Å². The van der Waals surface area contributed by atoms with Gasteiger partial charge in [0.25, 0.3) is 11.8 Å². The molecule has 2 amide bonds. The van der Waals surface area contributed by atoms with Crippen molar-refractivity contribution in [2.75, 3.05) is 0 Å². The molecule has 0 unspecified atom stereocenters. The minimum Gasteiger partial charge on any atom is -0.310 e. The highest BCUT2D eigenvalue weighted by Gasteiger charge is 2.37. The molecule has 1 fully saturated rings. The van der Waals surface area contributed by atoms with Gasteiger partial charge in [-0.25, -0.2) is 0 Å². The zero-order valence-electron chi connectivity index (χ0n) is 18.3. The number of aromatic nitrogens is 3. The molecule has 1 aliphatic heterocycles. The summed E-state index contributed by atoms with van der Waals surface area (Å²) in [5, 5.41) is 9.28. The monoisotopic (exact) mass is 462 g/mol. The highest BCUT2D eigenvalue weighted by atomic mass is 35.5. The number of halogens is 1. The highest BCUT2D eigenvalue weighted by molar-refractivity contribution is 6.31. The number of benzene rings is 2. The Bertz CT molecular complexity index is 1240. The summed E-state index contributed by atoms with van der Waals surface area (Å²) in [4.78, 5) is 39.4. The zero-order chi connectivity index (χ0) is 23.1. The van der Waals surface area contributed by atoms with Crippen molar-refractivity contribution in [3.8, 4) is 0 Å². The van der Waals surface area contributed by atoms with Crippen LogP contribution in [0.3, 0.4) is 0 Å². The van der Waals surface area contributed by atoms with Crippen LogP contribution in [0, 0.1) is 6.92 Å². The third-order valence-electron chi connectivity index (χ3n) is 6.32. The van der Waals surface area contributed by atoms with E-state index < -0.39 is 0 Å². The zero-order valence-corrected chi connectivity index (χ0v) is 19.0. The van der Waals surface area contributed by atoms with Crippen LogP contribution in [0.2, 0.25) is 5.02 Å². The molecule has 0 bridgehead atoms. The van der Waals surface area contributed by atoms with Crippen LogP contribution in [0.15, 0.2) is 42.5 Å². The van der Waals surface area contributed by atoms with Crippen LogP contribution >= 0.6 is 11.6 Å². The number of hydrogen-bond acceptors (Lipinski definition) is 5. The molecule has 1 aliphatic carbocycles. The normalized spacial score (nSPS) is 15.3. The van der Waals surface area contributed by atoms with Crippen molar-refractivity contribution >= 4 is 29.2 Å². The molecule has 2 heterocycles. The molecule has 0 radical (unpaired) electrons. The van der Waals surface area contributed by atoms with E-state index in [-0.39, 0.29) is 30.2 Å². The van der Waals surface area contributed by atoms with Gasteiger partial charge in [0, 0.05) is 30.3 Å². The minimum absolute atomic E-state index is 0.0749. The molecule has 0 saturated heterocycles. The number of carbonyl (C=O) groups excluding carboxylic acids is 3. The lowest BCUT2D eigenvalue weighted by Crippen LogP contribution is -2.30. The summed E-state index contributed by atoms with van der Waals surface area (Å²) in [7, 11) is 0. The van der Waals surface area contributed by atoms with E-state index in [1.165, 1.54) is 4.90 Å². The number of ketones is 1. The minimum atomic E-state index is -0.311. The highest BCUT2D eigenvalue weighted by Crippen LogP contribution is 2.37. The molecule has 2 aliphatic rings. The topological polar surface area (TPSA) is 85.2 Å². The molecule has 7 nitrogen and oxygen atoms in total. The molecule has 0 atom stereocenters. The van der Waals surface area contributed by atoms with E-state index in [2.05, 4.69) is 10.2 Å². The van der Waals surface area contributed by atoms with Gasteiger partial charge < -0.3 is 4.57 Å². The van der Waals surface area contributed by atoms with E-state index in [1.807, 2.05) is 29.7 Å². The average molecular weight is 463 g/mol. The van der Waals surface area contributed by atoms with Crippen molar-refractivity contribution in [3.63, 3.8) is 0 Å². The Labute approximate surface area is 196 Å². The number of rotatable bonds is 8. The summed E-state index contributed by atoms with van der Waals surface area (Å²) < 4.78 is 2.02. The van der Waals surface area contributed by atoms with Gasteiger partial charge in [-0.3, -0.25) is 19.3 Å². The van der Waals surface area contributed by atoms with E-state index in [1.54, 1.807) is 24.3 Å². The number of amides is 2. The molecule has 3 aromatic rings. The van der Waals surface area contributed by atoms with Crippen molar-refractivity contribution in [1.29, 1.82) is 0 Å². The van der Waals surface area contributed by atoms with Gasteiger partial charge in [0.15, 0.2) is 5.82 Å². The van der Waals surface area contributed by atoms with Crippen LogP contribution in [0.1, 0.15) is 68.8 Å².